The Balaban J connectivity index is 0.890. The Bertz CT molecular complexity index is 5120. The highest BCUT2D eigenvalue weighted by Gasteiger charge is 2.57. The van der Waals surface area contributed by atoms with E-state index in [2.05, 4.69) is 34.9 Å². The summed E-state index contributed by atoms with van der Waals surface area (Å²) in [5.74, 6) is -0.499. The van der Waals surface area contributed by atoms with Crippen molar-refractivity contribution in [3.63, 3.8) is 0 Å². The molecule has 0 aliphatic carbocycles. The van der Waals surface area contributed by atoms with E-state index in [4.69, 9.17) is 166 Å². The van der Waals surface area contributed by atoms with Gasteiger partial charge in [0.05, 0.1) is 105 Å². The first-order chi connectivity index (χ1) is 58.5. The lowest BCUT2D eigenvalue weighted by Crippen LogP contribution is -2.41. The molecule has 6 aromatic rings. The number of fused-ring (bicyclic) bond motifs is 1. The van der Waals surface area contributed by atoms with E-state index in [0.717, 1.165) is 18.3 Å². The average Bonchev–Trinajstić information content (AvgIpc) is 1.62. The van der Waals surface area contributed by atoms with Gasteiger partial charge in [0.25, 0.3) is 5.56 Å². The summed E-state index contributed by atoms with van der Waals surface area (Å²) in [7, 11) is 1.08. The van der Waals surface area contributed by atoms with E-state index < -0.39 is 212 Å². The van der Waals surface area contributed by atoms with Crippen LogP contribution in [0.3, 0.4) is 0 Å². The highest BCUT2D eigenvalue weighted by molar-refractivity contribution is 8.07. The minimum Gasteiger partial charge on any atom is -0.394 e. The molecule has 5 aliphatic rings. The number of aliphatic hydroxyl groups is 2. The van der Waals surface area contributed by atoms with Crippen LogP contribution in [0.25, 0.3) is 11.2 Å². The molecular formula is C65H98N16O35P4S3. The lowest BCUT2D eigenvalue weighted by Gasteiger charge is -2.30. The van der Waals surface area contributed by atoms with Gasteiger partial charge >= 0.3 is 50.7 Å². The van der Waals surface area contributed by atoms with Crippen molar-refractivity contribution in [2.75, 3.05) is 158 Å². The fourth-order valence-corrected chi connectivity index (χ4v) is 18.9. The lowest BCUT2D eigenvalue weighted by atomic mass is 10.1. The van der Waals surface area contributed by atoms with E-state index in [1.54, 1.807) is 0 Å². The molecule has 686 valence electrons. The van der Waals surface area contributed by atoms with Gasteiger partial charge in [0.15, 0.2) is 42.6 Å². The van der Waals surface area contributed by atoms with Crippen LogP contribution in [-0.4, -0.2) is 314 Å². The van der Waals surface area contributed by atoms with Crippen LogP contribution in [0.1, 0.15) is 53.4 Å². The molecule has 15 N–H and O–H groups in total. The molecule has 0 radical (unpaired) electrons. The Kier molecular flexibility index (Phi) is 34.2. The number of H-pyrrole nitrogens is 1. The maximum Gasteiger partial charge on any atom is 0.472 e. The standard InChI is InChI=1S/C65H98N16O35P4S3/c1-31-20-77(62(85)73-51(31)66)58-48(101-17-12-96-7)43(38(111-58)27-106-119(92,122)114-42-35(24-82)108-61(47(42)100-16-11-95-6)81-30-72-40-54(69)70-29-71-55(40)81)113-117(89,90)104-26-37-44(49(102-18-13-97-8)59(110-37)78-21-32(2)52(67)74-63(78)86)115-120(93,123)107-28-39-45(50(103-19-14-98-9)60(112-39)79-22-33(3)53(68)75-64(79)87)116-118(91,121)105-25-36-41(83)46(99-15-10-94-5)57(109-36)80-23-34(4)56(84)76-65(80)88/h20-23,29-30,35-39,41-50,57-61,82-83H,10-19,24-28H2,1-9H3,(H,89,90)(H,91,121)(H,92,122)(H,93,123)(H2,66,73,85)(H2,67,74,86)(H2,68,75,87)(H2,69,70,71)(H,76,84,88)/t35-,36-,37-,38-,39-,41?,42?,43?,44?,45?,46+,47+,48+,49+,50+,57-,58-,59-,60-,61-,118?,119?,120?/m1/s1. The molecule has 123 heavy (non-hydrogen) atoms. The van der Waals surface area contributed by atoms with Crippen molar-refractivity contribution in [2.45, 2.75) is 150 Å². The van der Waals surface area contributed by atoms with Crippen LogP contribution >= 0.6 is 28.0 Å². The molecule has 58 heteroatoms. The second-order valence-electron chi connectivity index (χ2n) is 28.0. The predicted molar refractivity (Wildman–Crippen MR) is 432 cm³/mol. The first-order valence-corrected chi connectivity index (χ1v) is 46.8. The number of phosphoric ester groups is 1. The lowest BCUT2D eigenvalue weighted by molar-refractivity contribution is -0.0848. The zero-order chi connectivity index (χ0) is 89.2. The SMILES string of the molecule is COCCO[C@H]1C(O)[C@@H](COP(O)(=S)OC2[C@@H](COP(O)(=S)OC3[C@@H](COP(=O)(O)OC4[C@@H](COP(O)(=S)OC5[C@@H](CO)O[C@@H](n6cnc7c(N)ncnc76)[C@H]5OCCOC)O[C@@H](n5cc(C)c(N)nc5=O)[C@H]4OCCOC)O[C@@H](n4cc(C)c(N)nc4=O)[C@H]3OCCOC)O[C@@H](n3cc(C)c(N)nc3=O)[C@H]2OCCOC)O[C@H]1n1cc(C)c(=O)[nH]c1=O. The van der Waals surface area contributed by atoms with Gasteiger partial charge in [0.2, 0.25) is 0 Å². The molecule has 5 aliphatic heterocycles. The number of aryl methyl sites for hydroxylation is 4. The first-order valence-electron chi connectivity index (χ1n) is 37.5. The first kappa shape index (κ1) is 97.7. The molecule has 6 aromatic heterocycles. The number of aromatic amines is 1. The second kappa shape index (κ2) is 43.0. The summed E-state index contributed by atoms with van der Waals surface area (Å²) in [6.45, 7) is -14.5. The van der Waals surface area contributed by atoms with Crippen LogP contribution in [0.15, 0.2) is 61.4 Å². The van der Waals surface area contributed by atoms with E-state index in [1.807, 2.05) is 0 Å². The number of nitrogens with zero attached hydrogens (tertiary/aromatic N) is 11. The number of rotatable bonds is 46. The monoisotopic (exact) mass is 1880 g/mol. The maximum absolute atomic E-state index is 15.2. The molecule has 5 saturated heterocycles. The summed E-state index contributed by atoms with van der Waals surface area (Å²) < 4.78 is 158. The Morgan fingerprint density at radius 2 is 0.756 bits per heavy atom. The van der Waals surface area contributed by atoms with Crippen molar-refractivity contribution in [1.82, 2.24) is 57.7 Å². The van der Waals surface area contributed by atoms with Gasteiger partial charge in [-0.3, -0.25) is 55.2 Å². The van der Waals surface area contributed by atoms with Crippen LogP contribution in [0, 0.1) is 27.7 Å². The van der Waals surface area contributed by atoms with Crippen LogP contribution in [0.2, 0.25) is 0 Å². The fourth-order valence-electron chi connectivity index (χ4n) is 13.6. The number of ether oxygens (including phenoxy) is 15. The van der Waals surface area contributed by atoms with E-state index >= 15 is 4.57 Å². The van der Waals surface area contributed by atoms with Crippen molar-refractivity contribution >= 4 is 97.8 Å². The molecular weight excluding hydrogens is 1780 g/mol. The summed E-state index contributed by atoms with van der Waals surface area (Å²) in [5, 5.41) is 22.5. The third kappa shape index (κ3) is 23.8. The number of hydrogen-bond donors (Lipinski definition) is 11. The van der Waals surface area contributed by atoms with Crippen molar-refractivity contribution in [3.8, 4) is 0 Å². The van der Waals surface area contributed by atoms with Crippen molar-refractivity contribution in [2.24, 2.45) is 0 Å². The molecule has 0 aromatic carbocycles. The topological polar surface area (TPSA) is 658 Å². The van der Waals surface area contributed by atoms with Gasteiger partial charge in [-0.1, -0.05) is 0 Å². The van der Waals surface area contributed by atoms with Gasteiger partial charge in [-0.25, -0.2) is 38.7 Å². The van der Waals surface area contributed by atoms with Gasteiger partial charge in [0, 0.05) is 82.6 Å². The number of phosphoric acid groups is 1. The highest BCUT2D eigenvalue weighted by Crippen LogP contribution is 2.56. The number of aromatic nitrogens is 12. The Labute approximate surface area is 713 Å². The zero-order valence-corrected chi connectivity index (χ0v) is 73.4. The molecule has 11 heterocycles. The van der Waals surface area contributed by atoms with E-state index in [9.17, 15) is 53.8 Å². The summed E-state index contributed by atoms with van der Waals surface area (Å²) in [6, 6.07) is 0. The molecule has 24 atom stereocenters. The molecule has 5 fully saturated rings. The van der Waals surface area contributed by atoms with Crippen molar-refractivity contribution in [3.05, 3.63) is 112 Å². The number of nitrogens with two attached hydrogens (primary N) is 4. The zero-order valence-electron chi connectivity index (χ0n) is 67.4. The van der Waals surface area contributed by atoms with E-state index in [-0.39, 0.29) is 123 Å². The quantitative estimate of drug-likeness (QED) is 0.0135. The highest BCUT2D eigenvalue weighted by atomic mass is 32.5. The van der Waals surface area contributed by atoms with Gasteiger partial charge in [-0.2, -0.15) is 15.0 Å². The summed E-state index contributed by atoms with van der Waals surface area (Å²) >= 11 is 17.0. The Morgan fingerprint density at radius 1 is 0.423 bits per heavy atom. The number of nitrogens with one attached hydrogen (secondary N) is 1. The smallest absolute Gasteiger partial charge is 0.394 e. The van der Waals surface area contributed by atoms with Crippen molar-refractivity contribution in [1.29, 1.82) is 0 Å². The van der Waals surface area contributed by atoms with E-state index in [0.29, 0.717) is 0 Å². The van der Waals surface area contributed by atoms with Crippen LogP contribution < -0.4 is 51.3 Å². The number of aliphatic hydroxyl groups excluding tert-OH is 2. The van der Waals surface area contributed by atoms with Gasteiger partial charge in [0.1, 0.15) is 121 Å². The molecule has 11 rings (SSSR count). The number of imidazole rings is 1. The average molecular weight is 1880 g/mol. The minimum atomic E-state index is -5.78. The number of methoxy groups -OCH3 is 5. The maximum atomic E-state index is 15.2. The predicted octanol–water partition coefficient (Wildman–Crippen LogP) is -2.93. The van der Waals surface area contributed by atoms with Crippen molar-refractivity contribution < 1.29 is 142 Å². The molecule has 51 nitrogen and oxygen atoms in total. The summed E-state index contributed by atoms with van der Waals surface area (Å²) in [4.78, 5) is 143. The van der Waals surface area contributed by atoms with Gasteiger partial charge in [-0.15, -0.1) is 0 Å². The largest absolute Gasteiger partial charge is 0.472 e. The van der Waals surface area contributed by atoms with Gasteiger partial charge in [-0.05, 0) is 63.1 Å². The molecule has 0 amide bonds. The number of nitrogen functional groups attached to an aromatic ring is 4. The normalized spacial score (nSPS) is 29.2. The molecule has 0 spiro atoms. The third-order valence-corrected chi connectivity index (χ3v) is 25.3. The minimum absolute atomic E-state index is 0.0297. The molecule has 0 bridgehead atoms. The molecule has 9 unspecified atom stereocenters. The van der Waals surface area contributed by atoms with Crippen LogP contribution in [0.4, 0.5) is 23.3 Å². The number of anilines is 4. The van der Waals surface area contributed by atoms with Crippen LogP contribution in [-0.2, 0) is 147 Å². The van der Waals surface area contributed by atoms with Gasteiger partial charge < -0.3 is 137 Å². The Morgan fingerprint density at radius 3 is 1.15 bits per heavy atom. The van der Waals surface area contributed by atoms with Crippen LogP contribution in [0.5, 0.6) is 0 Å². The summed E-state index contributed by atoms with van der Waals surface area (Å²) in [5.41, 5.74) is 20.9. The third-order valence-electron chi connectivity index (χ3n) is 19.7. The fraction of sp³-hybridized carbons (Fsp3) is 0.677. The van der Waals surface area contributed by atoms with E-state index in [1.165, 1.54) is 105 Å². The number of hydrogen-bond acceptors (Lipinski definition) is 44. The Hall–Kier alpha value is -5.91. The summed E-state index contributed by atoms with van der Waals surface area (Å²) in [6.07, 6.45) is -24.2. The second-order valence-corrected chi connectivity index (χ2v) is 37.8. The molecule has 0 saturated carbocycles.